The highest BCUT2D eigenvalue weighted by Gasteiger charge is 2.33. The zero-order valence-corrected chi connectivity index (χ0v) is 14.7. The van der Waals surface area contributed by atoms with Crippen molar-refractivity contribution in [3.63, 3.8) is 0 Å². The minimum Gasteiger partial charge on any atom is -0.497 e. The summed E-state index contributed by atoms with van der Waals surface area (Å²) in [5, 5.41) is 0. The molecule has 1 fully saturated rings. The summed E-state index contributed by atoms with van der Waals surface area (Å²) < 4.78 is 16.4. The average Bonchev–Trinajstić information content (AvgIpc) is 2.52. The molecule has 1 atom stereocenters. The largest absolute Gasteiger partial charge is 0.497 e. The van der Waals surface area contributed by atoms with Gasteiger partial charge in [0.2, 0.25) is 0 Å². The fraction of sp³-hybridized carbons (Fsp3) is 0.611. The lowest BCUT2D eigenvalue weighted by Gasteiger charge is -2.37. The van der Waals surface area contributed by atoms with E-state index in [2.05, 4.69) is 0 Å². The fourth-order valence-electron chi connectivity index (χ4n) is 2.89. The van der Waals surface area contributed by atoms with Crippen molar-refractivity contribution in [2.45, 2.75) is 51.7 Å². The van der Waals surface area contributed by atoms with Crippen molar-refractivity contribution >= 4 is 6.09 Å². The van der Waals surface area contributed by atoms with Crippen molar-refractivity contribution in [3.05, 3.63) is 23.8 Å². The first kappa shape index (κ1) is 17.4. The average molecular weight is 321 g/mol. The Labute approximate surface area is 138 Å². The van der Waals surface area contributed by atoms with E-state index in [1.54, 1.807) is 14.2 Å². The van der Waals surface area contributed by atoms with Gasteiger partial charge in [0, 0.05) is 12.1 Å². The molecule has 0 aromatic heterocycles. The standard InChI is InChI=1S/C18H27NO4/c1-18(2,3)23-17(20)19-11-7-6-8-15(19)14-12-13(21-4)9-10-16(14)22-5/h9-10,12,15H,6-8,11H2,1-5H3/t15-/m0/s1. The van der Waals surface area contributed by atoms with Crippen LogP contribution in [0.1, 0.15) is 51.6 Å². The number of ether oxygens (including phenoxy) is 3. The molecule has 1 amide bonds. The van der Waals surface area contributed by atoms with E-state index in [-0.39, 0.29) is 12.1 Å². The Kier molecular flexibility index (Phi) is 5.39. The molecule has 2 rings (SSSR count). The zero-order valence-electron chi connectivity index (χ0n) is 14.7. The summed E-state index contributed by atoms with van der Waals surface area (Å²) in [4.78, 5) is 14.4. The number of carbonyl (C=O) groups is 1. The first-order valence-corrected chi connectivity index (χ1v) is 8.07. The topological polar surface area (TPSA) is 48.0 Å². The van der Waals surface area contributed by atoms with Crippen LogP contribution in [-0.4, -0.2) is 37.4 Å². The van der Waals surface area contributed by atoms with Crippen LogP contribution in [0, 0.1) is 0 Å². The molecule has 0 radical (unpaired) electrons. The third-order valence-corrected chi connectivity index (χ3v) is 3.93. The SMILES string of the molecule is COc1ccc(OC)c([C@@H]2CCCCN2C(=O)OC(C)(C)C)c1. The summed E-state index contributed by atoms with van der Waals surface area (Å²) in [5.41, 5.74) is 0.467. The summed E-state index contributed by atoms with van der Waals surface area (Å²) in [5.74, 6) is 1.53. The number of hydrogen-bond donors (Lipinski definition) is 0. The summed E-state index contributed by atoms with van der Waals surface area (Å²) in [6, 6.07) is 5.65. The quantitative estimate of drug-likeness (QED) is 0.838. The molecule has 1 aromatic rings. The number of hydrogen-bond acceptors (Lipinski definition) is 4. The van der Waals surface area contributed by atoms with E-state index in [4.69, 9.17) is 14.2 Å². The van der Waals surface area contributed by atoms with Gasteiger partial charge in [-0.2, -0.15) is 0 Å². The van der Waals surface area contributed by atoms with E-state index in [1.165, 1.54) is 0 Å². The Morgan fingerprint density at radius 3 is 2.52 bits per heavy atom. The van der Waals surface area contributed by atoms with Crippen molar-refractivity contribution in [2.24, 2.45) is 0 Å². The monoisotopic (exact) mass is 321 g/mol. The Balaban J connectivity index is 2.32. The zero-order chi connectivity index (χ0) is 17.0. The number of amides is 1. The van der Waals surface area contributed by atoms with E-state index in [1.807, 2.05) is 43.9 Å². The first-order chi connectivity index (χ1) is 10.9. The van der Waals surface area contributed by atoms with Crippen LogP contribution in [0.3, 0.4) is 0 Å². The molecule has 1 saturated heterocycles. The van der Waals surface area contributed by atoms with E-state index in [9.17, 15) is 4.79 Å². The van der Waals surface area contributed by atoms with Crippen LogP contribution in [0.4, 0.5) is 4.79 Å². The molecule has 1 aliphatic heterocycles. The van der Waals surface area contributed by atoms with Gasteiger partial charge in [-0.3, -0.25) is 0 Å². The lowest BCUT2D eigenvalue weighted by Crippen LogP contribution is -2.42. The van der Waals surface area contributed by atoms with Gasteiger partial charge >= 0.3 is 6.09 Å². The van der Waals surface area contributed by atoms with Crippen LogP contribution < -0.4 is 9.47 Å². The predicted octanol–water partition coefficient (Wildman–Crippen LogP) is 4.17. The smallest absolute Gasteiger partial charge is 0.410 e. The van der Waals surface area contributed by atoms with Crippen molar-refractivity contribution < 1.29 is 19.0 Å². The maximum Gasteiger partial charge on any atom is 0.410 e. The molecule has 0 N–H and O–H groups in total. The Morgan fingerprint density at radius 2 is 1.91 bits per heavy atom. The van der Waals surface area contributed by atoms with Gasteiger partial charge in [0.25, 0.3) is 0 Å². The highest BCUT2D eigenvalue weighted by Crippen LogP contribution is 2.38. The van der Waals surface area contributed by atoms with Crippen LogP contribution in [0.2, 0.25) is 0 Å². The second-order valence-electron chi connectivity index (χ2n) is 6.79. The van der Waals surface area contributed by atoms with Gasteiger partial charge < -0.3 is 19.1 Å². The minimum atomic E-state index is -0.502. The molecule has 1 aliphatic rings. The van der Waals surface area contributed by atoms with Gasteiger partial charge in [-0.15, -0.1) is 0 Å². The highest BCUT2D eigenvalue weighted by molar-refractivity contribution is 5.69. The molecule has 0 bridgehead atoms. The number of piperidine rings is 1. The summed E-state index contributed by atoms with van der Waals surface area (Å²) >= 11 is 0. The Hall–Kier alpha value is -1.91. The van der Waals surface area contributed by atoms with Crippen LogP contribution in [0.25, 0.3) is 0 Å². The van der Waals surface area contributed by atoms with Crippen LogP contribution in [0.15, 0.2) is 18.2 Å². The molecule has 128 valence electrons. The second-order valence-corrected chi connectivity index (χ2v) is 6.79. The molecule has 1 aromatic carbocycles. The number of methoxy groups -OCH3 is 2. The van der Waals surface area contributed by atoms with Gasteiger partial charge in [0.1, 0.15) is 17.1 Å². The van der Waals surface area contributed by atoms with Crippen LogP contribution >= 0.6 is 0 Å². The molecular formula is C18H27NO4. The fourth-order valence-corrected chi connectivity index (χ4v) is 2.89. The number of rotatable bonds is 3. The van der Waals surface area contributed by atoms with Gasteiger partial charge in [0.05, 0.1) is 20.3 Å². The summed E-state index contributed by atoms with van der Waals surface area (Å²) in [6.45, 7) is 6.35. The molecule has 23 heavy (non-hydrogen) atoms. The van der Waals surface area contributed by atoms with E-state index in [0.717, 1.165) is 36.3 Å². The predicted molar refractivity (Wildman–Crippen MR) is 89.1 cm³/mol. The van der Waals surface area contributed by atoms with E-state index in [0.29, 0.717) is 6.54 Å². The second kappa shape index (κ2) is 7.11. The van der Waals surface area contributed by atoms with Gasteiger partial charge in [-0.05, 0) is 58.2 Å². The minimum absolute atomic E-state index is 0.0522. The molecule has 1 heterocycles. The number of nitrogens with zero attached hydrogens (tertiary/aromatic N) is 1. The lowest BCUT2D eigenvalue weighted by atomic mass is 9.94. The normalized spacial score (nSPS) is 18.5. The number of carbonyl (C=O) groups excluding carboxylic acids is 1. The van der Waals surface area contributed by atoms with Crippen LogP contribution in [0.5, 0.6) is 11.5 Å². The molecule has 0 aliphatic carbocycles. The van der Waals surface area contributed by atoms with Gasteiger partial charge in [0.15, 0.2) is 0 Å². The summed E-state index contributed by atoms with van der Waals surface area (Å²) in [6.07, 6.45) is 2.68. The number of benzene rings is 1. The molecular weight excluding hydrogens is 294 g/mol. The molecule has 0 spiro atoms. The molecule has 5 nitrogen and oxygen atoms in total. The van der Waals surface area contributed by atoms with Crippen molar-refractivity contribution in [1.29, 1.82) is 0 Å². The van der Waals surface area contributed by atoms with Crippen molar-refractivity contribution in [1.82, 2.24) is 4.90 Å². The third kappa shape index (κ3) is 4.30. The summed E-state index contributed by atoms with van der Waals surface area (Å²) in [7, 11) is 3.28. The van der Waals surface area contributed by atoms with Gasteiger partial charge in [-0.25, -0.2) is 4.79 Å². The molecule has 5 heteroatoms. The van der Waals surface area contributed by atoms with E-state index >= 15 is 0 Å². The van der Waals surface area contributed by atoms with Gasteiger partial charge in [-0.1, -0.05) is 0 Å². The number of likely N-dealkylation sites (tertiary alicyclic amines) is 1. The van der Waals surface area contributed by atoms with Crippen molar-refractivity contribution in [3.8, 4) is 11.5 Å². The highest BCUT2D eigenvalue weighted by atomic mass is 16.6. The first-order valence-electron chi connectivity index (χ1n) is 8.07. The Bertz CT molecular complexity index is 550. The molecule has 0 unspecified atom stereocenters. The van der Waals surface area contributed by atoms with Crippen molar-refractivity contribution in [2.75, 3.05) is 20.8 Å². The van der Waals surface area contributed by atoms with Crippen LogP contribution in [-0.2, 0) is 4.74 Å². The third-order valence-electron chi connectivity index (χ3n) is 3.93. The maximum absolute atomic E-state index is 12.6. The molecule has 0 saturated carbocycles. The maximum atomic E-state index is 12.6. The van der Waals surface area contributed by atoms with E-state index < -0.39 is 5.60 Å². The Morgan fingerprint density at radius 1 is 1.17 bits per heavy atom. The lowest BCUT2D eigenvalue weighted by molar-refractivity contribution is 0.00926.